The highest BCUT2D eigenvalue weighted by Gasteiger charge is 2.23. The molecule has 2 nitrogen and oxygen atoms in total. The molecule has 1 heterocycles. The van der Waals surface area contributed by atoms with E-state index in [-0.39, 0.29) is 0 Å². The molecular formula is C24H30N2. The number of fused-ring (bicyclic) bond motifs is 1. The molecule has 4 rings (SSSR count). The molecule has 1 aliphatic carbocycles. The van der Waals surface area contributed by atoms with E-state index in [1.54, 1.807) is 0 Å². The molecule has 0 bridgehead atoms. The van der Waals surface area contributed by atoms with Gasteiger partial charge in [0, 0.05) is 12.5 Å². The number of hydrogen-bond acceptors (Lipinski definition) is 1. The molecule has 26 heavy (non-hydrogen) atoms. The quantitative estimate of drug-likeness (QED) is 0.539. The van der Waals surface area contributed by atoms with E-state index in [0.717, 1.165) is 12.1 Å². The Balaban J connectivity index is 1.86. The molecule has 3 aromatic rings. The van der Waals surface area contributed by atoms with E-state index in [9.17, 15) is 0 Å². The van der Waals surface area contributed by atoms with E-state index in [1.165, 1.54) is 71.3 Å². The largest absolute Gasteiger partial charge is 0.323 e. The van der Waals surface area contributed by atoms with Crippen LogP contribution >= 0.6 is 0 Å². The Kier molecular flexibility index (Phi) is 4.60. The van der Waals surface area contributed by atoms with Crippen molar-refractivity contribution < 1.29 is 0 Å². The summed E-state index contributed by atoms with van der Waals surface area (Å²) >= 11 is 0. The lowest BCUT2D eigenvalue weighted by atomic mass is 9.88. The van der Waals surface area contributed by atoms with Crippen LogP contribution in [0.3, 0.4) is 0 Å². The number of aromatic nitrogens is 2. The SMILES string of the molecule is Cc1cc(C)c(C)c(Cn2c(C3CCCCC3)nc3ccccc32)c1C. The van der Waals surface area contributed by atoms with Crippen LogP contribution < -0.4 is 0 Å². The lowest BCUT2D eigenvalue weighted by Gasteiger charge is -2.24. The molecule has 1 aromatic heterocycles. The monoisotopic (exact) mass is 346 g/mol. The summed E-state index contributed by atoms with van der Waals surface area (Å²) in [6.07, 6.45) is 6.64. The van der Waals surface area contributed by atoms with Crippen LogP contribution in [0.4, 0.5) is 0 Å². The number of para-hydroxylation sites is 2. The highest BCUT2D eigenvalue weighted by Crippen LogP contribution is 2.35. The Morgan fingerprint density at radius 2 is 1.58 bits per heavy atom. The fourth-order valence-electron chi connectivity index (χ4n) is 4.63. The molecule has 2 aromatic carbocycles. The van der Waals surface area contributed by atoms with Crippen molar-refractivity contribution in [2.45, 2.75) is 72.3 Å². The average molecular weight is 347 g/mol. The molecule has 0 unspecified atom stereocenters. The standard InChI is InChI=1S/C24H30N2/c1-16-14-17(2)19(4)21(18(16)3)15-26-23-13-9-8-12-22(23)25-24(26)20-10-6-5-7-11-20/h8-9,12-14,20H,5-7,10-11,15H2,1-4H3. The smallest absolute Gasteiger partial charge is 0.113 e. The van der Waals surface area contributed by atoms with Gasteiger partial charge in [0.05, 0.1) is 11.0 Å². The fourth-order valence-corrected chi connectivity index (χ4v) is 4.63. The minimum absolute atomic E-state index is 0.614. The minimum Gasteiger partial charge on any atom is -0.323 e. The molecule has 0 N–H and O–H groups in total. The van der Waals surface area contributed by atoms with Crippen molar-refractivity contribution in [3.05, 3.63) is 64.0 Å². The lowest BCUT2D eigenvalue weighted by Crippen LogP contribution is -2.14. The van der Waals surface area contributed by atoms with Gasteiger partial charge in [-0.1, -0.05) is 37.5 Å². The zero-order valence-corrected chi connectivity index (χ0v) is 16.6. The zero-order valence-electron chi connectivity index (χ0n) is 16.6. The molecular weight excluding hydrogens is 316 g/mol. The normalized spacial score (nSPS) is 15.7. The summed E-state index contributed by atoms with van der Waals surface area (Å²) in [7, 11) is 0. The van der Waals surface area contributed by atoms with Crippen LogP contribution in [-0.2, 0) is 6.54 Å². The van der Waals surface area contributed by atoms with Gasteiger partial charge >= 0.3 is 0 Å². The Labute approximate surface area is 157 Å². The number of aryl methyl sites for hydroxylation is 2. The molecule has 2 heteroatoms. The van der Waals surface area contributed by atoms with E-state index in [0.29, 0.717) is 5.92 Å². The van der Waals surface area contributed by atoms with Crippen molar-refractivity contribution in [2.24, 2.45) is 0 Å². The summed E-state index contributed by atoms with van der Waals surface area (Å²) in [5.41, 5.74) is 9.56. The van der Waals surface area contributed by atoms with Crippen molar-refractivity contribution in [1.82, 2.24) is 9.55 Å². The number of nitrogens with zero attached hydrogens (tertiary/aromatic N) is 2. The summed E-state index contributed by atoms with van der Waals surface area (Å²) in [5, 5.41) is 0. The minimum atomic E-state index is 0.614. The van der Waals surface area contributed by atoms with E-state index in [2.05, 4.69) is 62.6 Å². The molecule has 0 amide bonds. The molecule has 0 atom stereocenters. The van der Waals surface area contributed by atoms with Crippen molar-refractivity contribution in [3.8, 4) is 0 Å². The Morgan fingerprint density at radius 1 is 0.923 bits per heavy atom. The summed E-state index contributed by atoms with van der Waals surface area (Å²) in [4.78, 5) is 5.10. The van der Waals surface area contributed by atoms with Crippen LogP contribution in [0.25, 0.3) is 11.0 Å². The summed E-state index contributed by atoms with van der Waals surface area (Å²) in [5.74, 6) is 1.92. The van der Waals surface area contributed by atoms with Gasteiger partial charge in [-0.05, 0) is 80.5 Å². The number of imidazole rings is 1. The van der Waals surface area contributed by atoms with Crippen LogP contribution in [-0.4, -0.2) is 9.55 Å². The van der Waals surface area contributed by atoms with Gasteiger partial charge in [0.1, 0.15) is 5.82 Å². The van der Waals surface area contributed by atoms with E-state index < -0.39 is 0 Å². The number of rotatable bonds is 3. The number of hydrogen-bond donors (Lipinski definition) is 0. The van der Waals surface area contributed by atoms with Gasteiger partial charge in [0.15, 0.2) is 0 Å². The summed E-state index contributed by atoms with van der Waals surface area (Å²) in [6, 6.07) is 11.0. The topological polar surface area (TPSA) is 17.8 Å². The van der Waals surface area contributed by atoms with E-state index >= 15 is 0 Å². The van der Waals surface area contributed by atoms with E-state index in [4.69, 9.17) is 4.98 Å². The van der Waals surface area contributed by atoms with Gasteiger partial charge in [-0.25, -0.2) is 4.98 Å². The maximum Gasteiger partial charge on any atom is 0.113 e. The van der Waals surface area contributed by atoms with Crippen molar-refractivity contribution in [3.63, 3.8) is 0 Å². The van der Waals surface area contributed by atoms with Crippen molar-refractivity contribution >= 4 is 11.0 Å². The highest BCUT2D eigenvalue weighted by atomic mass is 15.1. The first kappa shape index (κ1) is 17.3. The Bertz CT molecular complexity index is 916. The molecule has 1 saturated carbocycles. The fraction of sp³-hybridized carbons (Fsp3) is 0.458. The first-order valence-corrected chi connectivity index (χ1v) is 10.1. The average Bonchev–Trinajstić information content (AvgIpc) is 3.03. The summed E-state index contributed by atoms with van der Waals surface area (Å²) in [6.45, 7) is 9.96. The van der Waals surface area contributed by atoms with Crippen molar-refractivity contribution in [1.29, 1.82) is 0 Å². The molecule has 0 saturated heterocycles. The van der Waals surface area contributed by atoms with Crippen LogP contribution in [0.2, 0.25) is 0 Å². The molecule has 136 valence electrons. The second-order valence-corrected chi connectivity index (χ2v) is 8.12. The third-order valence-corrected chi connectivity index (χ3v) is 6.49. The third-order valence-electron chi connectivity index (χ3n) is 6.49. The van der Waals surface area contributed by atoms with Gasteiger partial charge in [0.25, 0.3) is 0 Å². The molecule has 0 aliphatic heterocycles. The van der Waals surface area contributed by atoms with Gasteiger partial charge in [-0.15, -0.1) is 0 Å². The molecule has 0 radical (unpaired) electrons. The summed E-state index contributed by atoms with van der Waals surface area (Å²) < 4.78 is 2.51. The highest BCUT2D eigenvalue weighted by molar-refractivity contribution is 5.76. The predicted molar refractivity (Wildman–Crippen MR) is 110 cm³/mol. The first-order chi connectivity index (χ1) is 12.6. The van der Waals surface area contributed by atoms with Gasteiger partial charge in [-0.2, -0.15) is 0 Å². The van der Waals surface area contributed by atoms with Crippen LogP contribution in [0.1, 0.15) is 71.7 Å². The number of benzene rings is 2. The molecule has 1 aliphatic rings. The second-order valence-electron chi connectivity index (χ2n) is 8.12. The third kappa shape index (κ3) is 2.96. The van der Waals surface area contributed by atoms with E-state index in [1.807, 2.05) is 0 Å². The van der Waals surface area contributed by atoms with Crippen LogP contribution in [0.5, 0.6) is 0 Å². The van der Waals surface area contributed by atoms with Crippen LogP contribution in [0, 0.1) is 27.7 Å². The molecule has 0 spiro atoms. The second kappa shape index (κ2) is 6.90. The Hall–Kier alpha value is -2.09. The first-order valence-electron chi connectivity index (χ1n) is 10.1. The maximum atomic E-state index is 5.10. The van der Waals surface area contributed by atoms with Gasteiger partial charge < -0.3 is 4.57 Å². The van der Waals surface area contributed by atoms with Crippen molar-refractivity contribution in [2.75, 3.05) is 0 Å². The lowest BCUT2D eigenvalue weighted by molar-refractivity contribution is 0.420. The zero-order chi connectivity index (χ0) is 18.3. The Morgan fingerprint density at radius 3 is 2.27 bits per heavy atom. The van der Waals surface area contributed by atoms with Crippen LogP contribution in [0.15, 0.2) is 30.3 Å². The molecule has 1 fully saturated rings. The van der Waals surface area contributed by atoms with Gasteiger partial charge in [-0.3, -0.25) is 0 Å². The predicted octanol–water partition coefficient (Wildman–Crippen LogP) is 6.37. The van der Waals surface area contributed by atoms with Gasteiger partial charge in [0.2, 0.25) is 0 Å². The maximum absolute atomic E-state index is 5.10.